The van der Waals surface area contributed by atoms with Crippen LogP contribution in [-0.2, 0) is 0 Å². The molecular formula is C17H13ClN2O2. The number of hydrogen-bond donors (Lipinski definition) is 1. The summed E-state index contributed by atoms with van der Waals surface area (Å²) in [7, 11) is 0. The molecule has 5 heteroatoms. The van der Waals surface area contributed by atoms with E-state index >= 15 is 0 Å². The van der Waals surface area contributed by atoms with Gasteiger partial charge in [0, 0.05) is 10.6 Å². The predicted octanol–water partition coefficient (Wildman–Crippen LogP) is 4.23. The van der Waals surface area contributed by atoms with Crippen LogP contribution in [0.25, 0.3) is 16.8 Å². The highest BCUT2D eigenvalue weighted by atomic mass is 35.5. The Balaban J connectivity index is 1.91. The number of nitrogens with zero attached hydrogens (tertiary/aromatic N) is 2. The zero-order chi connectivity index (χ0) is 15.3. The molecule has 4 rings (SSSR count). The molecular weight excluding hydrogens is 300 g/mol. The molecule has 2 aromatic heterocycles. The maximum atomic E-state index is 11.1. The van der Waals surface area contributed by atoms with Gasteiger partial charge in [-0.15, -0.1) is 0 Å². The lowest BCUT2D eigenvalue weighted by Gasteiger charge is -2.08. The fraction of sp³-hybridized carbons (Fsp3) is 0.176. The van der Waals surface area contributed by atoms with Gasteiger partial charge in [0.15, 0.2) is 5.69 Å². The van der Waals surface area contributed by atoms with Crippen LogP contribution in [0.2, 0.25) is 5.02 Å². The Hall–Kier alpha value is -2.33. The van der Waals surface area contributed by atoms with Crippen LogP contribution < -0.4 is 0 Å². The molecule has 1 aromatic carbocycles. The van der Waals surface area contributed by atoms with E-state index in [9.17, 15) is 4.79 Å². The molecule has 0 radical (unpaired) electrons. The third-order valence-electron chi connectivity index (χ3n) is 3.97. The molecule has 22 heavy (non-hydrogen) atoms. The number of carboxylic acids is 1. The molecule has 0 aliphatic heterocycles. The number of benzene rings is 1. The Kier molecular flexibility index (Phi) is 2.94. The number of halogens is 1. The number of aromatic carboxylic acids is 1. The van der Waals surface area contributed by atoms with Crippen molar-refractivity contribution in [3.8, 4) is 11.3 Å². The van der Waals surface area contributed by atoms with Gasteiger partial charge in [-0.3, -0.25) is 0 Å². The molecule has 1 aliphatic carbocycles. The second-order valence-electron chi connectivity index (χ2n) is 5.63. The Morgan fingerprint density at radius 3 is 2.77 bits per heavy atom. The molecule has 0 unspecified atom stereocenters. The summed E-state index contributed by atoms with van der Waals surface area (Å²) >= 11 is 6.25. The average Bonchev–Trinajstić information content (AvgIpc) is 3.24. The summed E-state index contributed by atoms with van der Waals surface area (Å²) in [6.45, 7) is 0. The van der Waals surface area contributed by atoms with E-state index in [1.807, 2.05) is 30.3 Å². The monoisotopic (exact) mass is 312 g/mol. The molecule has 1 saturated carbocycles. The smallest absolute Gasteiger partial charge is 0.356 e. The van der Waals surface area contributed by atoms with E-state index in [2.05, 4.69) is 11.2 Å². The van der Waals surface area contributed by atoms with Crippen LogP contribution in [0.15, 0.2) is 42.5 Å². The number of carbonyl (C=O) groups is 1. The highest BCUT2D eigenvalue weighted by Crippen LogP contribution is 2.42. The van der Waals surface area contributed by atoms with Crippen LogP contribution in [0.4, 0.5) is 0 Å². The van der Waals surface area contributed by atoms with E-state index in [-0.39, 0.29) is 5.69 Å². The summed E-state index contributed by atoms with van der Waals surface area (Å²) in [5.41, 5.74) is 3.83. The van der Waals surface area contributed by atoms with Gasteiger partial charge in [-0.25, -0.2) is 9.31 Å². The van der Waals surface area contributed by atoms with Gasteiger partial charge in [-0.2, -0.15) is 5.10 Å². The first-order valence-corrected chi connectivity index (χ1v) is 7.52. The number of carboxylic acid groups (broad SMARTS) is 1. The van der Waals surface area contributed by atoms with E-state index in [0.29, 0.717) is 10.9 Å². The lowest BCUT2D eigenvalue weighted by molar-refractivity contribution is 0.0690. The first-order valence-electron chi connectivity index (χ1n) is 7.15. The van der Waals surface area contributed by atoms with Crippen molar-refractivity contribution in [2.45, 2.75) is 18.8 Å². The minimum atomic E-state index is -1.03. The van der Waals surface area contributed by atoms with Gasteiger partial charge in [0.2, 0.25) is 0 Å². The maximum Gasteiger partial charge on any atom is 0.356 e. The first kappa shape index (κ1) is 13.3. The lowest BCUT2D eigenvalue weighted by Crippen LogP contribution is -1.99. The third-order valence-corrected chi connectivity index (χ3v) is 4.19. The molecule has 0 saturated heterocycles. The highest BCUT2D eigenvalue weighted by Gasteiger charge is 2.24. The van der Waals surface area contributed by atoms with Crippen molar-refractivity contribution in [1.82, 2.24) is 9.61 Å². The van der Waals surface area contributed by atoms with Gasteiger partial charge < -0.3 is 5.11 Å². The minimum absolute atomic E-state index is 0.0388. The normalized spacial score (nSPS) is 14.4. The van der Waals surface area contributed by atoms with Crippen LogP contribution in [0, 0.1) is 0 Å². The predicted molar refractivity (Wildman–Crippen MR) is 84.6 cm³/mol. The van der Waals surface area contributed by atoms with E-state index in [4.69, 9.17) is 16.7 Å². The van der Waals surface area contributed by atoms with Crippen molar-refractivity contribution in [1.29, 1.82) is 0 Å². The highest BCUT2D eigenvalue weighted by molar-refractivity contribution is 6.31. The Labute approximate surface area is 132 Å². The molecule has 0 atom stereocenters. The standard InChI is InChI=1S/C17H13ClN2O2/c18-13-7-11(10-4-5-10)6-12(8-13)16-3-1-2-14-9-15(17(21)22)19-20(14)16/h1-3,6-10H,4-5H2,(H,21,22). The first-order chi connectivity index (χ1) is 10.6. The molecule has 0 spiro atoms. The van der Waals surface area contributed by atoms with Gasteiger partial charge in [0.25, 0.3) is 0 Å². The summed E-state index contributed by atoms with van der Waals surface area (Å²) in [5.74, 6) is -0.428. The molecule has 2 heterocycles. The Morgan fingerprint density at radius 1 is 1.23 bits per heavy atom. The van der Waals surface area contributed by atoms with E-state index < -0.39 is 5.97 Å². The van der Waals surface area contributed by atoms with Crippen molar-refractivity contribution in [3.63, 3.8) is 0 Å². The molecule has 3 aromatic rings. The molecule has 110 valence electrons. The Morgan fingerprint density at radius 2 is 2.05 bits per heavy atom. The van der Waals surface area contributed by atoms with Gasteiger partial charge in [-0.1, -0.05) is 17.7 Å². The lowest BCUT2D eigenvalue weighted by atomic mass is 10.0. The van der Waals surface area contributed by atoms with Gasteiger partial charge in [0.05, 0.1) is 11.2 Å². The van der Waals surface area contributed by atoms with E-state index in [1.54, 1.807) is 10.6 Å². The summed E-state index contributed by atoms with van der Waals surface area (Å²) in [6, 6.07) is 13.3. The van der Waals surface area contributed by atoms with Crippen LogP contribution in [0.5, 0.6) is 0 Å². The third kappa shape index (κ3) is 2.25. The summed E-state index contributed by atoms with van der Waals surface area (Å²) in [4.78, 5) is 11.1. The van der Waals surface area contributed by atoms with E-state index in [1.165, 1.54) is 18.4 Å². The fourth-order valence-electron chi connectivity index (χ4n) is 2.75. The van der Waals surface area contributed by atoms with Gasteiger partial charge in [-0.05, 0) is 60.7 Å². The van der Waals surface area contributed by atoms with E-state index in [0.717, 1.165) is 16.8 Å². The SMILES string of the molecule is O=C(O)c1cc2cccc(-c3cc(Cl)cc(C4CC4)c3)n2n1. The topological polar surface area (TPSA) is 54.6 Å². The zero-order valence-electron chi connectivity index (χ0n) is 11.7. The molecule has 1 fully saturated rings. The summed E-state index contributed by atoms with van der Waals surface area (Å²) < 4.78 is 1.66. The van der Waals surface area contributed by atoms with Crippen LogP contribution in [0.1, 0.15) is 34.8 Å². The van der Waals surface area contributed by atoms with Crippen molar-refractivity contribution >= 4 is 23.1 Å². The van der Waals surface area contributed by atoms with Crippen molar-refractivity contribution in [3.05, 3.63) is 58.7 Å². The van der Waals surface area contributed by atoms with Crippen LogP contribution >= 0.6 is 11.6 Å². The molecule has 0 bridgehead atoms. The zero-order valence-corrected chi connectivity index (χ0v) is 12.4. The minimum Gasteiger partial charge on any atom is -0.476 e. The summed E-state index contributed by atoms with van der Waals surface area (Å²) in [5, 5.41) is 14.0. The second kappa shape index (κ2) is 4.85. The van der Waals surface area contributed by atoms with Crippen LogP contribution in [0.3, 0.4) is 0 Å². The summed E-state index contributed by atoms with van der Waals surface area (Å²) in [6.07, 6.45) is 2.41. The van der Waals surface area contributed by atoms with Gasteiger partial charge in [0.1, 0.15) is 0 Å². The largest absolute Gasteiger partial charge is 0.476 e. The quantitative estimate of drug-likeness (QED) is 0.787. The fourth-order valence-corrected chi connectivity index (χ4v) is 2.99. The molecule has 1 N–H and O–H groups in total. The van der Waals surface area contributed by atoms with Crippen molar-refractivity contribution < 1.29 is 9.90 Å². The molecule has 0 amide bonds. The van der Waals surface area contributed by atoms with Crippen molar-refractivity contribution in [2.75, 3.05) is 0 Å². The van der Waals surface area contributed by atoms with Gasteiger partial charge >= 0.3 is 5.97 Å². The number of hydrogen-bond acceptors (Lipinski definition) is 2. The van der Waals surface area contributed by atoms with Crippen LogP contribution in [-0.4, -0.2) is 20.7 Å². The number of aromatic nitrogens is 2. The number of rotatable bonds is 3. The van der Waals surface area contributed by atoms with Crippen molar-refractivity contribution in [2.24, 2.45) is 0 Å². The average molecular weight is 313 g/mol. The number of pyridine rings is 1. The molecule has 4 nitrogen and oxygen atoms in total. The maximum absolute atomic E-state index is 11.1. The molecule has 1 aliphatic rings. The second-order valence-corrected chi connectivity index (χ2v) is 6.07. The Bertz CT molecular complexity index is 897. The number of fused-ring (bicyclic) bond motifs is 1.